The molecule has 0 atom stereocenters. The van der Waals surface area contributed by atoms with Crippen LogP contribution in [0.25, 0.3) is 6.08 Å². The Hall–Kier alpha value is -2.99. The first-order valence-electron chi connectivity index (χ1n) is 8.36. The SMILES string of the molecule is CCOc1ccc(/C=C/C(=O)NNC(=O)COc2ccc(Cl)c(C)c2)cc1. The van der Waals surface area contributed by atoms with Crippen molar-refractivity contribution in [3.05, 3.63) is 64.7 Å². The van der Waals surface area contributed by atoms with Crippen LogP contribution in [0.15, 0.2) is 48.5 Å². The number of hydrazine groups is 1. The molecular weight excluding hydrogens is 368 g/mol. The van der Waals surface area contributed by atoms with E-state index in [1.54, 1.807) is 24.3 Å². The Balaban J connectivity index is 1.73. The van der Waals surface area contributed by atoms with Gasteiger partial charge in [-0.15, -0.1) is 0 Å². The van der Waals surface area contributed by atoms with Gasteiger partial charge in [0.1, 0.15) is 11.5 Å². The van der Waals surface area contributed by atoms with Gasteiger partial charge in [-0.25, -0.2) is 0 Å². The van der Waals surface area contributed by atoms with E-state index in [1.807, 2.05) is 38.1 Å². The maximum Gasteiger partial charge on any atom is 0.276 e. The molecule has 2 aromatic rings. The molecule has 0 aliphatic rings. The van der Waals surface area contributed by atoms with Crippen LogP contribution in [0.2, 0.25) is 5.02 Å². The van der Waals surface area contributed by atoms with Crippen LogP contribution in [0.4, 0.5) is 0 Å². The molecule has 0 saturated carbocycles. The van der Waals surface area contributed by atoms with Crippen molar-refractivity contribution in [2.24, 2.45) is 0 Å². The summed E-state index contributed by atoms with van der Waals surface area (Å²) in [5.74, 6) is 0.348. The third kappa shape index (κ3) is 7.03. The quantitative estimate of drug-likeness (QED) is 0.563. The van der Waals surface area contributed by atoms with E-state index < -0.39 is 11.8 Å². The molecule has 0 radical (unpaired) electrons. The summed E-state index contributed by atoms with van der Waals surface area (Å²) in [6, 6.07) is 12.4. The predicted molar refractivity (Wildman–Crippen MR) is 105 cm³/mol. The second-order valence-corrected chi connectivity index (χ2v) is 5.98. The molecule has 0 heterocycles. The van der Waals surface area contributed by atoms with Crippen molar-refractivity contribution in [1.82, 2.24) is 10.9 Å². The molecule has 0 aliphatic carbocycles. The molecule has 0 spiro atoms. The summed E-state index contributed by atoms with van der Waals surface area (Å²) in [6.45, 7) is 4.11. The Bertz CT molecular complexity index is 819. The highest BCUT2D eigenvalue weighted by molar-refractivity contribution is 6.31. The monoisotopic (exact) mass is 388 g/mol. The third-order valence-corrected chi connectivity index (χ3v) is 3.87. The average molecular weight is 389 g/mol. The number of rotatable bonds is 7. The molecule has 0 unspecified atom stereocenters. The molecule has 2 aromatic carbocycles. The van der Waals surface area contributed by atoms with E-state index in [4.69, 9.17) is 21.1 Å². The summed E-state index contributed by atoms with van der Waals surface area (Å²) in [5.41, 5.74) is 6.25. The van der Waals surface area contributed by atoms with Gasteiger partial charge in [-0.2, -0.15) is 0 Å². The van der Waals surface area contributed by atoms with Crippen LogP contribution in [-0.2, 0) is 9.59 Å². The van der Waals surface area contributed by atoms with Crippen LogP contribution >= 0.6 is 11.6 Å². The second kappa shape index (κ2) is 10.2. The van der Waals surface area contributed by atoms with Gasteiger partial charge in [-0.3, -0.25) is 20.4 Å². The number of nitrogens with one attached hydrogen (secondary N) is 2. The zero-order valence-electron chi connectivity index (χ0n) is 15.1. The van der Waals surface area contributed by atoms with Crippen LogP contribution < -0.4 is 20.3 Å². The van der Waals surface area contributed by atoms with Gasteiger partial charge in [0.05, 0.1) is 6.61 Å². The molecule has 0 fully saturated rings. The molecule has 2 rings (SSSR count). The first-order chi connectivity index (χ1) is 13.0. The number of hydrogen-bond donors (Lipinski definition) is 2. The fourth-order valence-corrected chi connectivity index (χ4v) is 2.20. The zero-order chi connectivity index (χ0) is 19.6. The predicted octanol–water partition coefficient (Wildman–Crippen LogP) is 3.29. The van der Waals surface area contributed by atoms with E-state index in [1.165, 1.54) is 6.08 Å². The molecule has 0 bridgehead atoms. The maximum absolute atomic E-state index is 11.8. The summed E-state index contributed by atoms with van der Waals surface area (Å²) >= 11 is 5.93. The van der Waals surface area contributed by atoms with Gasteiger partial charge >= 0.3 is 0 Å². The lowest BCUT2D eigenvalue weighted by molar-refractivity contribution is -0.128. The lowest BCUT2D eigenvalue weighted by Crippen LogP contribution is -2.43. The molecular formula is C20H21ClN2O4. The number of carbonyl (C=O) groups excluding carboxylic acids is 2. The Morgan fingerprint density at radius 3 is 2.41 bits per heavy atom. The van der Waals surface area contributed by atoms with E-state index in [2.05, 4.69) is 10.9 Å². The van der Waals surface area contributed by atoms with Crippen LogP contribution in [0, 0.1) is 6.92 Å². The molecule has 27 heavy (non-hydrogen) atoms. The molecule has 7 heteroatoms. The van der Waals surface area contributed by atoms with E-state index in [0.717, 1.165) is 16.9 Å². The van der Waals surface area contributed by atoms with Crippen molar-refractivity contribution in [3.63, 3.8) is 0 Å². The Labute approximate surface area is 163 Å². The summed E-state index contributed by atoms with van der Waals surface area (Å²) in [5, 5.41) is 0.624. The van der Waals surface area contributed by atoms with Gasteiger partial charge in [0.15, 0.2) is 6.61 Å². The number of halogens is 1. The van der Waals surface area contributed by atoms with Gasteiger partial charge in [-0.05, 0) is 61.4 Å². The van der Waals surface area contributed by atoms with Crippen molar-refractivity contribution in [2.75, 3.05) is 13.2 Å². The fraction of sp³-hybridized carbons (Fsp3) is 0.200. The minimum Gasteiger partial charge on any atom is -0.494 e. The van der Waals surface area contributed by atoms with Crippen molar-refractivity contribution >= 4 is 29.5 Å². The van der Waals surface area contributed by atoms with Crippen molar-refractivity contribution in [1.29, 1.82) is 0 Å². The lowest BCUT2D eigenvalue weighted by Gasteiger charge is -2.08. The number of aryl methyl sites for hydroxylation is 1. The molecule has 2 amide bonds. The van der Waals surface area contributed by atoms with Gasteiger partial charge in [0.2, 0.25) is 0 Å². The van der Waals surface area contributed by atoms with Gasteiger partial charge in [0, 0.05) is 11.1 Å². The van der Waals surface area contributed by atoms with Crippen LogP contribution in [-0.4, -0.2) is 25.0 Å². The Kier molecular flexibility index (Phi) is 7.70. The summed E-state index contributed by atoms with van der Waals surface area (Å²) < 4.78 is 10.7. The Morgan fingerprint density at radius 2 is 1.74 bits per heavy atom. The molecule has 142 valence electrons. The fourth-order valence-electron chi connectivity index (χ4n) is 2.08. The topological polar surface area (TPSA) is 76.7 Å². The van der Waals surface area contributed by atoms with Crippen LogP contribution in [0.5, 0.6) is 11.5 Å². The number of carbonyl (C=O) groups is 2. The lowest BCUT2D eigenvalue weighted by atomic mass is 10.2. The van der Waals surface area contributed by atoms with Crippen molar-refractivity contribution < 1.29 is 19.1 Å². The molecule has 6 nitrogen and oxygen atoms in total. The van der Waals surface area contributed by atoms with Crippen LogP contribution in [0.1, 0.15) is 18.1 Å². The smallest absolute Gasteiger partial charge is 0.276 e. The molecule has 0 aliphatic heterocycles. The van der Waals surface area contributed by atoms with Crippen molar-refractivity contribution in [3.8, 4) is 11.5 Å². The van der Waals surface area contributed by atoms with Gasteiger partial charge in [0.25, 0.3) is 11.8 Å². The van der Waals surface area contributed by atoms with Crippen molar-refractivity contribution in [2.45, 2.75) is 13.8 Å². The van der Waals surface area contributed by atoms with E-state index in [9.17, 15) is 9.59 Å². The second-order valence-electron chi connectivity index (χ2n) is 5.57. The number of amides is 2. The zero-order valence-corrected chi connectivity index (χ0v) is 15.9. The highest BCUT2D eigenvalue weighted by atomic mass is 35.5. The highest BCUT2D eigenvalue weighted by Gasteiger charge is 2.05. The summed E-state index contributed by atoms with van der Waals surface area (Å²) in [7, 11) is 0. The highest BCUT2D eigenvalue weighted by Crippen LogP contribution is 2.20. The first-order valence-corrected chi connectivity index (χ1v) is 8.74. The number of benzene rings is 2. The van der Waals surface area contributed by atoms with Crippen LogP contribution in [0.3, 0.4) is 0 Å². The summed E-state index contributed by atoms with van der Waals surface area (Å²) in [6.07, 6.45) is 2.95. The van der Waals surface area contributed by atoms with Gasteiger partial charge < -0.3 is 9.47 Å². The minimum absolute atomic E-state index is 0.232. The maximum atomic E-state index is 11.8. The number of ether oxygens (including phenoxy) is 2. The molecule has 0 saturated heterocycles. The minimum atomic E-state index is -0.481. The summed E-state index contributed by atoms with van der Waals surface area (Å²) in [4.78, 5) is 23.5. The third-order valence-electron chi connectivity index (χ3n) is 3.44. The van der Waals surface area contributed by atoms with Gasteiger partial charge in [-0.1, -0.05) is 23.7 Å². The normalized spacial score (nSPS) is 10.5. The molecule has 0 aromatic heterocycles. The molecule has 2 N–H and O–H groups in total. The van der Waals surface area contributed by atoms with E-state index in [-0.39, 0.29) is 6.61 Å². The standard InChI is InChI=1S/C20H21ClN2O4/c1-3-26-16-7-4-15(5-8-16)6-11-19(24)22-23-20(25)13-27-17-9-10-18(21)14(2)12-17/h4-12H,3,13H2,1-2H3,(H,22,24)(H,23,25)/b11-6+. The van der Waals surface area contributed by atoms with E-state index >= 15 is 0 Å². The van der Waals surface area contributed by atoms with E-state index in [0.29, 0.717) is 17.4 Å². The largest absolute Gasteiger partial charge is 0.494 e. The first kappa shape index (κ1) is 20.3. The average Bonchev–Trinajstić information content (AvgIpc) is 2.67. The Morgan fingerprint density at radius 1 is 1.04 bits per heavy atom. The number of hydrogen-bond acceptors (Lipinski definition) is 4.